The van der Waals surface area contributed by atoms with Gasteiger partial charge in [-0.05, 0) is 61.3 Å². The second kappa shape index (κ2) is 5.06. The summed E-state index contributed by atoms with van der Waals surface area (Å²) in [5.74, 6) is 2.04. The van der Waals surface area contributed by atoms with Crippen molar-refractivity contribution >= 4 is 0 Å². The maximum atomic E-state index is 3.93. The molecule has 0 heterocycles. The molecule has 1 nitrogen and oxygen atoms in total. The second-order valence-electron chi connectivity index (χ2n) is 8.41. The third-order valence-corrected chi connectivity index (χ3v) is 7.45. The smallest absolute Gasteiger partial charge is 0.0129 e. The second-order valence-corrected chi connectivity index (χ2v) is 8.41. The lowest BCUT2D eigenvalue weighted by atomic mass is 9.69. The van der Waals surface area contributed by atoms with Crippen molar-refractivity contribution in [2.24, 2.45) is 22.7 Å². The van der Waals surface area contributed by atoms with E-state index in [0.717, 1.165) is 17.9 Å². The van der Waals surface area contributed by atoms with Gasteiger partial charge in [-0.1, -0.05) is 46.5 Å². The SMILES string of the molecule is CC1(C)C2CCC1(C)C(NCCCC1CCCC1)C2. The van der Waals surface area contributed by atoms with Crippen molar-refractivity contribution in [3.63, 3.8) is 0 Å². The third-order valence-electron chi connectivity index (χ3n) is 7.45. The molecule has 0 aliphatic heterocycles. The van der Waals surface area contributed by atoms with Crippen LogP contribution in [0.15, 0.2) is 0 Å². The first-order valence-electron chi connectivity index (χ1n) is 8.77. The van der Waals surface area contributed by atoms with Gasteiger partial charge in [-0.3, -0.25) is 0 Å². The molecule has 110 valence electrons. The van der Waals surface area contributed by atoms with Gasteiger partial charge in [0.15, 0.2) is 0 Å². The van der Waals surface area contributed by atoms with E-state index in [4.69, 9.17) is 0 Å². The molecule has 0 aromatic heterocycles. The van der Waals surface area contributed by atoms with E-state index in [-0.39, 0.29) is 0 Å². The summed E-state index contributed by atoms with van der Waals surface area (Å²) in [5.41, 5.74) is 1.13. The fourth-order valence-electron chi connectivity index (χ4n) is 5.48. The topological polar surface area (TPSA) is 12.0 Å². The highest BCUT2D eigenvalue weighted by Crippen LogP contribution is 2.65. The van der Waals surface area contributed by atoms with Crippen molar-refractivity contribution in [1.82, 2.24) is 5.32 Å². The molecule has 0 radical (unpaired) electrons. The van der Waals surface area contributed by atoms with E-state index < -0.39 is 0 Å². The van der Waals surface area contributed by atoms with E-state index in [1.807, 2.05) is 0 Å². The van der Waals surface area contributed by atoms with E-state index in [0.29, 0.717) is 10.8 Å². The predicted octanol–water partition coefficient (Wildman–Crippen LogP) is 4.76. The van der Waals surface area contributed by atoms with Crippen molar-refractivity contribution in [3.05, 3.63) is 0 Å². The standard InChI is InChI=1S/C18H33N/c1-17(2)15-10-11-18(17,3)16(13-15)19-12-6-9-14-7-4-5-8-14/h14-16,19H,4-13H2,1-3H3. The summed E-state index contributed by atoms with van der Waals surface area (Å²) in [6.45, 7) is 8.85. The summed E-state index contributed by atoms with van der Waals surface area (Å²) in [7, 11) is 0. The summed E-state index contributed by atoms with van der Waals surface area (Å²) in [5, 5.41) is 3.93. The number of hydrogen-bond acceptors (Lipinski definition) is 1. The van der Waals surface area contributed by atoms with Gasteiger partial charge >= 0.3 is 0 Å². The minimum Gasteiger partial charge on any atom is -0.313 e. The number of nitrogens with one attached hydrogen (secondary N) is 1. The Bertz CT molecular complexity index is 316. The minimum absolute atomic E-state index is 0.561. The largest absolute Gasteiger partial charge is 0.313 e. The Morgan fingerprint density at radius 1 is 1.05 bits per heavy atom. The molecule has 3 rings (SSSR count). The molecule has 0 saturated heterocycles. The molecule has 3 aliphatic carbocycles. The lowest BCUT2D eigenvalue weighted by Crippen LogP contribution is -2.44. The Balaban J connectivity index is 1.44. The fraction of sp³-hybridized carbons (Fsp3) is 1.00. The maximum Gasteiger partial charge on any atom is 0.0129 e. The zero-order chi connectivity index (χ0) is 13.5. The molecule has 3 saturated carbocycles. The lowest BCUT2D eigenvalue weighted by molar-refractivity contribution is 0.121. The summed E-state index contributed by atoms with van der Waals surface area (Å²) in [6, 6.07) is 0.796. The van der Waals surface area contributed by atoms with Crippen LogP contribution >= 0.6 is 0 Å². The Morgan fingerprint density at radius 3 is 2.37 bits per heavy atom. The van der Waals surface area contributed by atoms with Crippen molar-refractivity contribution < 1.29 is 0 Å². The van der Waals surface area contributed by atoms with Crippen LogP contribution in [0.1, 0.15) is 78.6 Å². The first-order valence-corrected chi connectivity index (χ1v) is 8.77. The number of fused-ring (bicyclic) bond motifs is 2. The average Bonchev–Trinajstić information content (AvgIpc) is 3.00. The molecule has 1 N–H and O–H groups in total. The van der Waals surface area contributed by atoms with Crippen molar-refractivity contribution in [2.45, 2.75) is 84.6 Å². The quantitative estimate of drug-likeness (QED) is 0.705. The van der Waals surface area contributed by atoms with E-state index >= 15 is 0 Å². The van der Waals surface area contributed by atoms with Crippen LogP contribution in [-0.4, -0.2) is 12.6 Å². The number of rotatable bonds is 5. The Morgan fingerprint density at radius 2 is 1.79 bits per heavy atom. The highest BCUT2D eigenvalue weighted by Gasteiger charge is 2.60. The van der Waals surface area contributed by atoms with E-state index in [2.05, 4.69) is 26.1 Å². The van der Waals surface area contributed by atoms with Crippen LogP contribution in [0.3, 0.4) is 0 Å². The molecule has 0 spiro atoms. The van der Waals surface area contributed by atoms with Gasteiger partial charge < -0.3 is 5.32 Å². The van der Waals surface area contributed by atoms with Crippen LogP contribution in [-0.2, 0) is 0 Å². The number of hydrogen-bond donors (Lipinski definition) is 1. The van der Waals surface area contributed by atoms with Gasteiger partial charge in [0.25, 0.3) is 0 Å². The summed E-state index contributed by atoms with van der Waals surface area (Å²) >= 11 is 0. The first kappa shape index (κ1) is 13.9. The zero-order valence-electron chi connectivity index (χ0n) is 13.3. The van der Waals surface area contributed by atoms with E-state index in [1.54, 1.807) is 0 Å². The molecule has 3 unspecified atom stereocenters. The van der Waals surface area contributed by atoms with Crippen LogP contribution in [0.4, 0.5) is 0 Å². The Labute approximate surface area is 119 Å². The van der Waals surface area contributed by atoms with E-state index in [9.17, 15) is 0 Å². The maximum absolute atomic E-state index is 3.93. The Hall–Kier alpha value is -0.0400. The predicted molar refractivity (Wildman–Crippen MR) is 82.2 cm³/mol. The van der Waals surface area contributed by atoms with Gasteiger partial charge in [0, 0.05) is 6.04 Å². The fourth-order valence-corrected chi connectivity index (χ4v) is 5.48. The van der Waals surface area contributed by atoms with Gasteiger partial charge in [-0.2, -0.15) is 0 Å². The summed E-state index contributed by atoms with van der Waals surface area (Å²) in [4.78, 5) is 0. The highest BCUT2D eigenvalue weighted by atomic mass is 15.0. The van der Waals surface area contributed by atoms with Crippen molar-refractivity contribution in [3.8, 4) is 0 Å². The lowest BCUT2D eigenvalue weighted by Gasteiger charge is -2.39. The molecule has 19 heavy (non-hydrogen) atoms. The molecule has 0 aromatic rings. The minimum atomic E-state index is 0.561. The van der Waals surface area contributed by atoms with E-state index in [1.165, 1.54) is 64.3 Å². The first-order chi connectivity index (χ1) is 9.04. The van der Waals surface area contributed by atoms with Crippen LogP contribution in [0.5, 0.6) is 0 Å². The van der Waals surface area contributed by atoms with Crippen LogP contribution in [0.25, 0.3) is 0 Å². The molecular formula is C18H33N. The highest BCUT2D eigenvalue weighted by molar-refractivity contribution is 5.12. The zero-order valence-corrected chi connectivity index (χ0v) is 13.3. The molecule has 3 fully saturated rings. The van der Waals surface area contributed by atoms with Crippen LogP contribution < -0.4 is 5.32 Å². The van der Waals surface area contributed by atoms with Gasteiger partial charge in [-0.15, -0.1) is 0 Å². The summed E-state index contributed by atoms with van der Waals surface area (Å²) < 4.78 is 0. The van der Waals surface area contributed by atoms with Gasteiger partial charge in [0.1, 0.15) is 0 Å². The molecular weight excluding hydrogens is 230 g/mol. The monoisotopic (exact) mass is 263 g/mol. The average molecular weight is 263 g/mol. The van der Waals surface area contributed by atoms with Crippen molar-refractivity contribution in [1.29, 1.82) is 0 Å². The molecule has 2 bridgehead atoms. The molecule has 0 aromatic carbocycles. The summed E-state index contributed by atoms with van der Waals surface area (Å²) in [6.07, 6.45) is 13.3. The normalized spacial score (nSPS) is 41.2. The van der Waals surface area contributed by atoms with Gasteiger partial charge in [0.2, 0.25) is 0 Å². The van der Waals surface area contributed by atoms with Crippen molar-refractivity contribution in [2.75, 3.05) is 6.54 Å². The van der Waals surface area contributed by atoms with Gasteiger partial charge in [0.05, 0.1) is 0 Å². The van der Waals surface area contributed by atoms with Crippen LogP contribution in [0.2, 0.25) is 0 Å². The van der Waals surface area contributed by atoms with Crippen LogP contribution in [0, 0.1) is 22.7 Å². The molecule has 1 heteroatoms. The molecule has 3 atom stereocenters. The van der Waals surface area contributed by atoms with Gasteiger partial charge in [-0.25, -0.2) is 0 Å². The Kier molecular flexibility index (Phi) is 3.71. The molecule has 3 aliphatic rings. The third kappa shape index (κ3) is 2.26. The molecule has 0 amide bonds.